The molecule has 1 saturated heterocycles. The topological polar surface area (TPSA) is 71.5 Å². The van der Waals surface area contributed by atoms with E-state index < -0.39 is 0 Å². The highest BCUT2D eigenvalue weighted by atomic mass is 35.5. The molecule has 1 aliphatic heterocycles. The van der Waals surface area contributed by atoms with E-state index in [1.165, 1.54) is 0 Å². The minimum absolute atomic E-state index is 0. The third-order valence-electron chi connectivity index (χ3n) is 3.67. The van der Waals surface area contributed by atoms with Crippen LogP contribution in [0, 0.1) is 0 Å². The van der Waals surface area contributed by atoms with Crippen LogP contribution in [0.1, 0.15) is 23.3 Å². The molecule has 0 saturated carbocycles. The Morgan fingerprint density at radius 2 is 2.14 bits per heavy atom. The Kier molecular flexibility index (Phi) is 5.03. The number of amides is 1. The summed E-state index contributed by atoms with van der Waals surface area (Å²) in [5, 5.41) is 7.13. The van der Waals surface area contributed by atoms with Crippen molar-refractivity contribution in [1.29, 1.82) is 0 Å². The van der Waals surface area contributed by atoms with Crippen molar-refractivity contribution >= 4 is 18.3 Å². The maximum atomic E-state index is 12.4. The number of hydrogen-bond acceptors (Lipinski definition) is 5. The number of nitrogens with one attached hydrogen (secondary N) is 1. The van der Waals surface area contributed by atoms with Crippen LogP contribution in [0.15, 0.2) is 33.4 Å². The van der Waals surface area contributed by atoms with Crippen LogP contribution in [0.5, 0.6) is 0 Å². The van der Waals surface area contributed by atoms with Gasteiger partial charge in [-0.2, -0.15) is 0 Å². The molecule has 21 heavy (non-hydrogen) atoms. The van der Waals surface area contributed by atoms with E-state index in [9.17, 15) is 4.79 Å². The fourth-order valence-corrected chi connectivity index (χ4v) is 2.45. The zero-order valence-corrected chi connectivity index (χ0v) is 12.6. The van der Waals surface area contributed by atoms with Gasteiger partial charge in [0.15, 0.2) is 11.5 Å². The number of halogens is 1. The maximum absolute atomic E-state index is 12.4. The number of carbonyl (C=O) groups excluding carboxylic acids is 1. The van der Waals surface area contributed by atoms with Gasteiger partial charge in [0, 0.05) is 19.2 Å². The molecule has 0 unspecified atom stereocenters. The second kappa shape index (κ2) is 6.78. The summed E-state index contributed by atoms with van der Waals surface area (Å²) in [6.07, 6.45) is 3.48. The standard InChI is InChI=1S/C14H17N3O3.ClH/c1-17(10-4-6-15-7-5-10)14(18)11-9-13(20-16-11)12-3-2-8-19-12;/h2-3,8-10,15H,4-7H2,1H3;1H. The lowest BCUT2D eigenvalue weighted by Gasteiger charge is -2.31. The number of carbonyl (C=O) groups is 1. The predicted octanol–water partition coefficient (Wildman–Crippen LogP) is 2.18. The Morgan fingerprint density at radius 1 is 1.38 bits per heavy atom. The first-order valence-corrected chi connectivity index (χ1v) is 6.74. The van der Waals surface area contributed by atoms with E-state index >= 15 is 0 Å². The van der Waals surface area contributed by atoms with Gasteiger partial charge in [0.2, 0.25) is 5.76 Å². The highest BCUT2D eigenvalue weighted by molar-refractivity contribution is 5.93. The molecule has 0 atom stereocenters. The fraction of sp³-hybridized carbons (Fsp3) is 0.429. The lowest BCUT2D eigenvalue weighted by molar-refractivity contribution is 0.0693. The molecule has 1 amide bonds. The molecule has 1 N–H and O–H groups in total. The van der Waals surface area contributed by atoms with Gasteiger partial charge in [0.1, 0.15) is 0 Å². The maximum Gasteiger partial charge on any atom is 0.276 e. The average molecular weight is 312 g/mol. The molecule has 6 nitrogen and oxygen atoms in total. The highest BCUT2D eigenvalue weighted by Crippen LogP contribution is 2.22. The number of hydrogen-bond donors (Lipinski definition) is 1. The zero-order valence-electron chi connectivity index (χ0n) is 11.7. The fourth-order valence-electron chi connectivity index (χ4n) is 2.45. The van der Waals surface area contributed by atoms with Crippen LogP contribution in [0.3, 0.4) is 0 Å². The number of nitrogens with zero attached hydrogens (tertiary/aromatic N) is 2. The Hall–Kier alpha value is -1.79. The van der Waals surface area contributed by atoms with Gasteiger partial charge in [-0.3, -0.25) is 4.79 Å². The van der Waals surface area contributed by atoms with Crippen molar-refractivity contribution in [3.05, 3.63) is 30.2 Å². The minimum Gasteiger partial charge on any atom is -0.461 e. The van der Waals surface area contributed by atoms with Crippen molar-refractivity contribution in [2.75, 3.05) is 20.1 Å². The molecule has 114 valence electrons. The molecule has 2 aromatic rings. The highest BCUT2D eigenvalue weighted by Gasteiger charge is 2.25. The van der Waals surface area contributed by atoms with E-state index in [1.54, 1.807) is 29.4 Å². The number of furan rings is 1. The van der Waals surface area contributed by atoms with Gasteiger partial charge in [-0.05, 0) is 38.1 Å². The summed E-state index contributed by atoms with van der Waals surface area (Å²) in [7, 11) is 1.82. The molecule has 0 aromatic carbocycles. The van der Waals surface area contributed by atoms with Crippen LogP contribution in [0.4, 0.5) is 0 Å². The van der Waals surface area contributed by atoms with E-state index in [1.807, 2.05) is 7.05 Å². The first-order chi connectivity index (χ1) is 9.75. The van der Waals surface area contributed by atoms with Gasteiger partial charge in [-0.15, -0.1) is 12.4 Å². The molecule has 0 aliphatic carbocycles. The normalized spacial score (nSPS) is 15.5. The molecule has 1 aliphatic rings. The molecule has 3 rings (SSSR count). The molecule has 1 fully saturated rings. The van der Waals surface area contributed by atoms with Crippen molar-refractivity contribution in [3.8, 4) is 11.5 Å². The largest absolute Gasteiger partial charge is 0.461 e. The smallest absolute Gasteiger partial charge is 0.276 e. The Morgan fingerprint density at radius 3 is 2.81 bits per heavy atom. The van der Waals surface area contributed by atoms with Gasteiger partial charge < -0.3 is 19.2 Å². The molecule has 0 bridgehead atoms. The van der Waals surface area contributed by atoms with Gasteiger partial charge in [0.05, 0.1) is 6.26 Å². The van der Waals surface area contributed by atoms with Crippen molar-refractivity contribution in [1.82, 2.24) is 15.4 Å². The molecule has 7 heteroatoms. The number of piperidine rings is 1. The number of aromatic nitrogens is 1. The first kappa shape index (κ1) is 15.6. The Bertz CT molecular complexity index is 576. The quantitative estimate of drug-likeness (QED) is 0.940. The molecule has 2 aromatic heterocycles. The van der Waals surface area contributed by atoms with E-state index in [2.05, 4.69) is 10.5 Å². The second-order valence-corrected chi connectivity index (χ2v) is 4.95. The lowest BCUT2D eigenvalue weighted by Crippen LogP contribution is -2.44. The van der Waals surface area contributed by atoms with Crippen LogP contribution in [0.2, 0.25) is 0 Å². The van der Waals surface area contributed by atoms with Crippen molar-refractivity contribution < 1.29 is 13.7 Å². The zero-order chi connectivity index (χ0) is 13.9. The van der Waals surface area contributed by atoms with Gasteiger partial charge >= 0.3 is 0 Å². The van der Waals surface area contributed by atoms with E-state index in [-0.39, 0.29) is 24.4 Å². The summed E-state index contributed by atoms with van der Waals surface area (Å²) in [5.41, 5.74) is 0.317. The minimum atomic E-state index is -0.113. The second-order valence-electron chi connectivity index (χ2n) is 4.95. The Labute approximate surface area is 128 Å². The van der Waals surface area contributed by atoms with E-state index in [0.29, 0.717) is 17.2 Å². The monoisotopic (exact) mass is 311 g/mol. The molecule has 3 heterocycles. The van der Waals surface area contributed by atoms with Crippen molar-refractivity contribution in [3.63, 3.8) is 0 Å². The Balaban J connectivity index is 0.00000161. The summed E-state index contributed by atoms with van der Waals surface area (Å²) < 4.78 is 10.4. The van der Waals surface area contributed by atoms with Crippen LogP contribution in [-0.4, -0.2) is 42.1 Å². The molecule has 0 spiro atoms. The van der Waals surface area contributed by atoms with Crippen molar-refractivity contribution in [2.45, 2.75) is 18.9 Å². The third kappa shape index (κ3) is 3.28. The summed E-state index contributed by atoms with van der Waals surface area (Å²) in [6, 6.07) is 5.41. The van der Waals surface area contributed by atoms with Crippen molar-refractivity contribution in [2.24, 2.45) is 0 Å². The van der Waals surface area contributed by atoms with E-state index in [4.69, 9.17) is 8.94 Å². The number of rotatable bonds is 3. The molecule has 0 radical (unpaired) electrons. The summed E-state index contributed by atoms with van der Waals surface area (Å²) in [6.45, 7) is 1.89. The molecular formula is C14H18ClN3O3. The summed E-state index contributed by atoms with van der Waals surface area (Å²) in [5.74, 6) is 0.927. The lowest BCUT2D eigenvalue weighted by atomic mass is 10.1. The summed E-state index contributed by atoms with van der Waals surface area (Å²) >= 11 is 0. The third-order valence-corrected chi connectivity index (χ3v) is 3.67. The van der Waals surface area contributed by atoms with Crippen LogP contribution in [-0.2, 0) is 0 Å². The molecular weight excluding hydrogens is 294 g/mol. The SMILES string of the molecule is CN(C(=O)c1cc(-c2ccco2)on1)C1CCNCC1.Cl. The van der Waals surface area contributed by atoms with Gasteiger partial charge in [0.25, 0.3) is 5.91 Å². The van der Waals surface area contributed by atoms with Gasteiger partial charge in [-0.25, -0.2) is 0 Å². The predicted molar refractivity (Wildman–Crippen MR) is 79.4 cm³/mol. The van der Waals surface area contributed by atoms with Crippen LogP contribution < -0.4 is 5.32 Å². The van der Waals surface area contributed by atoms with Crippen LogP contribution >= 0.6 is 12.4 Å². The van der Waals surface area contributed by atoms with Gasteiger partial charge in [-0.1, -0.05) is 5.16 Å². The average Bonchev–Trinajstić information content (AvgIpc) is 3.17. The first-order valence-electron chi connectivity index (χ1n) is 6.74. The van der Waals surface area contributed by atoms with E-state index in [0.717, 1.165) is 25.9 Å². The van der Waals surface area contributed by atoms with Crippen LogP contribution in [0.25, 0.3) is 11.5 Å². The summed E-state index contributed by atoms with van der Waals surface area (Å²) in [4.78, 5) is 14.1.